The summed E-state index contributed by atoms with van der Waals surface area (Å²) in [7, 11) is 0. The van der Waals surface area contributed by atoms with E-state index in [-0.39, 0.29) is 18.5 Å². The van der Waals surface area contributed by atoms with Gasteiger partial charge in [-0.2, -0.15) is 13.2 Å². The molecular formula is C26H26F3N3O3S. The van der Waals surface area contributed by atoms with Crippen LogP contribution in [0, 0.1) is 11.8 Å². The average Bonchev–Trinajstić information content (AvgIpc) is 3.00. The molecule has 3 aliphatic rings. The largest absolute Gasteiger partial charge is 0.502 e. The Morgan fingerprint density at radius 3 is 2.58 bits per heavy atom. The van der Waals surface area contributed by atoms with Crippen LogP contribution in [0.25, 0.3) is 0 Å². The lowest BCUT2D eigenvalue weighted by Crippen LogP contribution is -2.60. The predicted octanol–water partition coefficient (Wildman–Crippen LogP) is 4.94. The average molecular weight is 518 g/mol. The second-order valence-corrected chi connectivity index (χ2v) is 10.5. The third-order valence-corrected chi connectivity index (χ3v) is 8.80. The maximum absolute atomic E-state index is 13.8. The molecular weight excluding hydrogens is 491 g/mol. The van der Waals surface area contributed by atoms with Gasteiger partial charge in [-0.05, 0) is 40.4 Å². The summed E-state index contributed by atoms with van der Waals surface area (Å²) in [6, 6.07) is 6.21. The molecule has 0 saturated heterocycles. The molecule has 10 heteroatoms. The Kier molecular flexibility index (Phi) is 5.97. The van der Waals surface area contributed by atoms with Gasteiger partial charge in [0, 0.05) is 18.0 Å². The summed E-state index contributed by atoms with van der Waals surface area (Å²) in [5.74, 6) is -0.718. The number of rotatable bonds is 2. The molecule has 1 amide bonds. The zero-order valence-electron chi connectivity index (χ0n) is 20.0. The molecule has 2 aromatic rings. The Hall–Kier alpha value is -3.14. The van der Waals surface area contributed by atoms with E-state index in [1.165, 1.54) is 10.9 Å². The van der Waals surface area contributed by atoms with Gasteiger partial charge in [-0.15, -0.1) is 11.8 Å². The number of hydrogen-bond acceptors (Lipinski definition) is 5. The first kappa shape index (κ1) is 24.5. The van der Waals surface area contributed by atoms with E-state index in [0.717, 1.165) is 34.6 Å². The number of thioether (sulfide) groups is 1. The van der Waals surface area contributed by atoms with Gasteiger partial charge in [0.2, 0.25) is 5.43 Å². The molecule has 36 heavy (non-hydrogen) atoms. The number of amides is 1. The molecule has 0 radical (unpaired) electrons. The maximum Gasteiger partial charge on any atom is 0.408 e. The lowest BCUT2D eigenvalue weighted by Gasteiger charge is -2.46. The Morgan fingerprint density at radius 2 is 1.86 bits per heavy atom. The van der Waals surface area contributed by atoms with Crippen molar-refractivity contribution >= 4 is 17.7 Å². The number of nitrogens with zero attached hydrogens (tertiary/aromatic N) is 3. The monoisotopic (exact) mass is 517 g/mol. The first-order valence-electron chi connectivity index (χ1n) is 11.7. The second kappa shape index (κ2) is 8.76. The number of aromatic hydroxyl groups is 1. The summed E-state index contributed by atoms with van der Waals surface area (Å²) in [5, 5.41) is 12.2. The second-order valence-electron chi connectivity index (χ2n) is 9.51. The van der Waals surface area contributed by atoms with Crippen LogP contribution in [0.5, 0.6) is 5.75 Å². The molecule has 1 aliphatic carbocycles. The van der Waals surface area contributed by atoms with Crippen LogP contribution in [0.4, 0.5) is 13.2 Å². The summed E-state index contributed by atoms with van der Waals surface area (Å²) in [4.78, 5) is 27.3. The van der Waals surface area contributed by atoms with E-state index in [2.05, 4.69) is 19.9 Å². The fourth-order valence-corrected chi connectivity index (χ4v) is 6.46. The van der Waals surface area contributed by atoms with Crippen molar-refractivity contribution in [2.45, 2.75) is 44.8 Å². The van der Waals surface area contributed by atoms with Crippen molar-refractivity contribution < 1.29 is 23.1 Å². The minimum absolute atomic E-state index is 0.199. The number of hydrogen-bond donors (Lipinski definition) is 1. The topological polar surface area (TPSA) is 65.8 Å². The smallest absolute Gasteiger partial charge is 0.408 e. The van der Waals surface area contributed by atoms with Crippen molar-refractivity contribution in [2.24, 2.45) is 11.8 Å². The lowest BCUT2D eigenvalue weighted by atomic mass is 9.83. The Morgan fingerprint density at radius 1 is 1.14 bits per heavy atom. The number of benzene rings is 1. The van der Waals surface area contributed by atoms with E-state index in [0.29, 0.717) is 10.7 Å². The minimum Gasteiger partial charge on any atom is -0.502 e. The molecule has 0 saturated carbocycles. The molecule has 4 atom stereocenters. The van der Waals surface area contributed by atoms with Crippen LogP contribution in [0.1, 0.15) is 48.4 Å². The van der Waals surface area contributed by atoms with Gasteiger partial charge >= 0.3 is 6.18 Å². The first-order valence-corrected chi connectivity index (χ1v) is 12.7. The summed E-state index contributed by atoms with van der Waals surface area (Å²) in [6.07, 6.45) is 0.782. The Balaban J connectivity index is 1.77. The Bertz CT molecular complexity index is 1350. The normalized spacial score (nSPS) is 24.7. The van der Waals surface area contributed by atoms with Crippen molar-refractivity contribution in [1.29, 1.82) is 0 Å². The minimum atomic E-state index is -4.69. The van der Waals surface area contributed by atoms with Crippen molar-refractivity contribution in [2.75, 3.05) is 11.7 Å². The molecule has 2 unspecified atom stereocenters. The quantitative estimate of drug-likeness (QED) is 0.612. The summed E-state index contributed by atoms with van der Waals surface area (Å²) < 4.78 is 42.8. The Labute approximate surface area is 210 Å². The van der Waals surface area contributed by atoms with Gasteiger partial charge in [-0.3, -0.25) is 19.3 Å². The van der Waals surface area contributed by atoms with Crippen LogP contribution in [-0.4, -0.2) is 39.5 Å². The van der Waals surface area contributed by atoms with Crippen LogP contribution < -0.4 is 10.4 Å². The van der Waals surface area contributed by atoms with Crippen LogP contribution in [-0.2, 0) is 5.75 Å². The first-order chi connectivity index (χ1) is 17.0. The zero-order chi connectivity index (χ0) is 25.9. The molecule has 6 nitrogen and oxygen atoms in total. The summed E-state index contributed by atoms with van der Waals surface area (Å²) in [6.45, 7) is 4.80. The number of fused-ring (bicyclic) bond motifs is 2. The standard InChI is InChI=1S/C26H26F3N3O3S/c1-14-8-9-19-21(18-7-5-4-6-17(18)12-36-24(19)15(14)2)32-13-30(16(3)26(27,28)29)25(35)22-23(34)20(33)10-11-31(22)32/h4-11,14-16,21,34H,12-13H2,1-3H3/t14?,15?,16-,21+/m1/s1. The number of pyridine rings is 1. The van der Waals surface area contributed by atoms with Gasteiger partial charge < -0.3 is 10.0 Å². The third kappa shape index (κ3) is 3.82. The van der Waals surface area contributed by atoms with Crippen LogP contribution in [0.2, 0.25) is 0 Å². The van der Waals surface area contributed by atoms with Crippen LogP contribution >= 0.6 is 11.8 Å². The van der Waals surface area contributed by atoms with Crippen molar-refractivity contribution in [1.82, 2.24) is 9.58 Å². The predicted molar refractivity (Wildman–Crippen MR) is 132 cm³/mol. The van der Waals surface area contributed by atoms with E-state index in [9.17, 15) is 27.9 Å². The number of halogens is 3. The van der Waals surface area contributed by atoms with E-state index >= 15 is 0 Å². The van der Waals surface area contributed by atoms with Gasteiger partial charge in [0.15, 0.2) is 11.4 Å². The molecule has 0 bridgehead atoms. The van der Waals surface area contributed by atoms with Gasteiger partial charge in [-0.1, -0.05) is 50.3 Å². The number of carbonyl (C=O) groups is 1. The molecule has 1 aromatic carbocycles. The molecule has 0 spiro atoms. The highest BCUT2D eigenvalue weighted by atomic mass is 32.2. The number of allylic oxidation sites excluding steroid dienone is 2. The summed E-state index contributed by atoms with van der Waals surface area (Å²) >= 11 is 1.72. The van der Waals surface area contributed by atoms with Crippen molar-refractivity contribution in [3.8, 4) is 5.75 Å². The zero-order valence-corrected chi connectivity index (χ0v) is 20.8. The van der Waals surface area contributed by atoms with Crippen LogP contribution in [0.15, 0.2) is 64.0 Å². The van der Waals surface area contributed by atoms with Crippen molar-refractivity contribution in [3.05, 3.63) is 86.2 Å². The molecule has 190 valence electrons. The molecule has 0 fully saturated rings. The van der Waals surface area contributed by atoms with E-state index < -0.39 is 41.0 Å². The maximum atomic E-state index is 13.8. The number of alkyl halides is 3. The van der Waals surface area contributed by atoms with Gasteiger partial charge in [-0.25, -0.2) is 0 Å². The van der Waals surface area contributed by atoms with E-state index in [1.54, 1.807) is 16.8 Å². The molecule has 1 N–H and O–H groups in total. The third-order valence-electron chi connectivity index (χ3n) is 7.42. The number of carbonyl (C=O) groups excluding carboxylic acids is 1. The van der Waals surface area contributed by atoms with E-state index in [4.69, 9.17) is 0 Å². The van der Waals surface area contributed by atoms with Gasteiger partial charge in [0.25, 0.3) is 5.91 Å². The summed E-state index contributed by atoms with van der Waals surface area (Å²) in [5.41, 5.74) is 1.58. The molecule has 1 aromatic heterocycles. The highest BCUT2D eigenvalue weighted by molar-refractivity contribution is 8.02. The fourth-order valence-electron chi connectivity index (χ4n) is 5.06. The van der Waals surface area contributed by atoms with Crippen LogP contribution in [0.3, 0.4) is 0 Å². The highest BCUT2D eigenvalue weighted by Gasteiger charge is 2.48. The fraction of sp³-hybridized carbons (Fsp3) is 0.385. The SMILES string of the molecule is CC1C=CC2=C(SCc3ccccc3[C@@H]2N2CN([C@H](C)C(F)(F)F)C(=O)c3c(O)c(=O)ccn32)C1C. The molecule has 3 heterocycles. The van der Waals surface area contributed by atoms with E-state index in [1.807, 2.05) is 30.3 Å². The van der Waals surface area contributed by atoms with Gasteiger partial charge in [0.05, 0.1) is 6.04 Å². The highest BCUT2D eigenvalue weighted by Crippen LogP contribution is 2.48. The van der Waals surface area contributed by atoms with Gasteiger partial charge in [0.1, 0.15) is 12.7 Å². The number of aromatic nitrogens is 1. The molecule has 2 aliphatic heterocycles. The van der Waals surface area contributed by atoms with Crippen molar-refractivity contribution in [3.63, 3.8) is 0 Å². The lowest BCUT2D eigenvalue weighted by molar-refractivity contribution is -0.173. The molecule has 5 rings (SSSR count).